The lowest BCUT2D eigenvalue weighted by Crippen LogP contribution is -2.27. The number of carbonyl (C=O) groups excluding carboxylic acids is 2. The number of aryl methyl sites for hydroxylation is 1. The van der Waals surface area contributed by atoms with Crippen molar-refractivity contribution in [3.05, 3.63) is 65.7 Å². The van der Waals surface area contributed by atoms with Gasteiger partial charge in [0.1, 0.15) is 0 Å². The highest BCUT2D eigenvalue weighted by atomic mass is 32.2. The first-order valence-corrected chi connectivity index (χ1v) is 11.4. The van der Waals surface area contributed by atoms with Crippen LogP contribution in [0.15, 0.2) is 59.5 Å². The fourth-order valence-corrected chi connectivity index (χ4v) is 4.65. The lowest BCUT2D eigenvalue weighted by Gasteiger charge is -2.17. The second kappa shape index (κ2) is 8.92. The molecule has 0 aliphatic carbocycles. The molecule has 3 aromatic carbocycles. The van der Waals surface area contributed by atoms with Gasteiger partial charge in [-0.15, -0.1) is 11.8 Å². The number of nitrogens with one attached hydrogen (secondary N) is 1. The number of hydrogen-bond donors (Lipinski definition) is 1. The Bertz CT molecular complexity index is 1090. The highest BCUT2D eigenvalue weighted by molar-refractivity contribution is 7.99. The minimum Gasteiger partial charge on any atom is -0.325 e. The van der Waals surface area contributed by atoms with Gasteiger partial charge in [-0.05, 0) is 43.7 Å². The van der Waals surface area contributed by atoms with Crippen LogP contribution in [0, 0.1) is 6.92 Å². The average Bonchev–Trinajstić information content (AvgIpc) is 3.02. The number of amides is 2. The maximum absolute atomic E-state index is 12.8. The van der Waals surface area contributed by atoms with E-state index < -0.39 is 0 Å². The number of thioether (sulfide) groups is 1. The molecule has 1 aliphatic rings. The van der Waals surface area contributed by atoms with Crippen LogP contribution in [-0.4, -0.2) is 24.1 Å². The maximum Gasteiger partial charge on any atom is 0.258 e. The van der Waals surface area contributed by atoms with Gasteiger partial charge in [-0.1, -0.05) is 43.2 Å². The Balaban J connectivity index is 1.47. The van der Waals surface area contributed by atoms with E-state index in [9.17, 15) is 9.59 Å². The van der Waals surface area contributed by atoms with Crippen LogP contribution in [0.4, 0.5) is 11.4 Å². The molecular weight excluding hydrogens is 392 g/mol. The summed E-state index contributed by atoms with van der Waals surface area (Å²) < 4.78 is 0. The molecule has 0 aromatic heterocycles. The van der Waals surface area contributed by atoms with E-state index in [0.717, 1.165) is 52.8 Å². The molecule has 1 N–H and O–H groups in total. The number of hydrogen-bond acceptors (Lipinski definition) is 3. The Morgan fingerprint density at radius 3 is 2.63 bits per heavy atom. The Morgan fingerprint density at radius 2 is 1.87 bits per heavy atom. The van der Waals surface area contributed by atoms with Crippen LogP contribution in [0.2, 0.25) is 0 Å². The van der Waals surface area contributed by atoms with E-state index in [0.29, 0.717) is 6.42 Å². The third kappa shape index (κ3) is 4.08. The first kappa shape index (κ1) is 20.5. The fraction of sp³-hybridized carbons (Fsp3) is 0.280. The summed E-state index contributed by atoms with van der Waals surface area (Å²) in [6, 6.07) is 18.0. The molecule has 4 nitrogen and oxygen atoms in total. The van der Waals surface area contributed by atoms with E-state index in [1.54, 1.807) is 11.8 Å². The average molecular weight is 419 g/mol. The SMILES string of the molecule is CCCCN1C(=O)c2cccc3c(NC(=O)CCSc4ccc(C)cc4)ccc1c23. The van der Waals surface area contributed by atoms with Gasteiger partial charge in [-0.25, -0.2) is 0 Å². The van der Waals surface area contributed by atoms with Gasteiger partial charge in [0.2, 0.25) is 5.91 Å². The zero-order chi connectivity index (χ0) is 21.1. The van der Waals surface area contributed by atoms with Crippen molar-refractivity contribution >= 4 is 45.7 Å². The number of carbonyl (C=O) groups is 2. The van der Waals surface area contributed by atoms with Gasteiger partial charge in [0.15, 0.2) is 0 Å². The standard InChI is InChI=1S/C25H26N2O2S/c1-3-4-15-27-22-13-12-21(19-6-5-7-20(24(19)22)25(27)29)26-23(28)14-16-30-18-10-8-17(2)9-11-18/h5-13H,3-4,14-16H2,1-2H3,(H,26,28). The summed E-state index contributed by atoms with van der Waals surface area (Å²) in [7, 11) is 0. The molecule has 3 aromatic rings. The van der Waals surface area contributed by atoms with Gasteiger partial charge < -0.3 is 10.2 Å². The Kier molecular flexibility index (Phi) is 6.09. The second-order valence-corrected chi connectivity index (χ2v) is 8.80. The lowest BCUT2D eigenvalue weighted by molar-refractivity contribution is -0.115. The van der Waals surface area contributed by atoms with Crippen LogP contribution in [0.1, 0.15) is 42.1 Å². The van der Waals surface area contributed by atoms with Gasteiger partial charge in [0.05, 0.1) is 5.69 Å². The molecule has 0 saturated carbocycles. The largest absolute Gasteiger partial charge is 0.325 e. The summed E-state index contributed by atoms with van der Waals surface area (Å²) in [6.45, 7) is 4.91. The normalized spacial score (nSPS) is 12.6. The van der Waals surface area contributed by atoms with Crippen molar-refractivity contribution < 1.29 is 9.59 Å². The molecule has 0 unspecified atom stereocenters. The molecule has 0 radical (unpaired) electrons. The Hall–Kier alpha value is -2.79. The van der Waals surface area contributed by atoms with Crippen molar-refractivity contribution in [3.63, 3.8) is 0 Å². The number of rotatable bonds is 8. The number of unbranched alkanes of at least 4 members (excludes halogenated alkanes) is 1. The van der Waals surface area contributed by atoms with E-state index in [2.05, 4.69) is 43.4 Å². The molecule has 0 atom stereocenters. The minimum atomic E-state index is -0.0116. The molecule has 154 valence electrons. The van der Waals surface area contributed by atoms with Crippen molar-refractivity contribution in [1.82, 2.24) is 0 Å². The van der Waals surface area contributed by atoms with Crippen LogP contribution < -0.4 is 10.2 Å². The summed E-state index contributed by atoms with van der Waals surface area (Å²) >= 11 is 1.68. The van der Waals surface area contributed by atoms with Crippen LogP contribution in [-0.2, 0) is 4.79 Å². The van der Waals surface area contributed by atoms with Gasteiger partial charge in [0.25, 0.3) is 5.91 Å². The van der Waals surface area contributed by atoms with Crippen molar-refractivity contribution in [2.24, 2.45) is 0 Å². The van der Waals surface area contributed by atoms with Crippen molar-refractivity contribution in [2.45, 2.75) is 38.0 Å². The summed E-state index contributed by atoms with van der Waals surface area (Å²) in [5.74, 6) is 0.768. The number of nitrogens with zero attached hydrogens (tertiary/aromatic N) is 1. The minimum absolute atomic E-state index is 0.0116. The van der Waals surface area contributed by atoms with Gasteiger partial charge in [-0.3, -0.25) is 9.59 Å². The Morgan fingerprint density at radius 1 is 1.07 bits per heavy atom. The third-order valence-electron chi connectivity index (χ3n) is 5.41. The van der Waals surface area contributed by atoms with Gasteiger partial charge in [0, 0.05) is 45.6 Å². The van der Waals surface area contributed by atoms with Crippen LogP contribution in [0.25, 0.3) is 10.8 Å². The maximum atomic E-state index is 12.8. The summed E-state index contributed by atoms with van der Waals surface area (Å²) in [5, 5.41) is 4.93. The molecule has 0 bridgehead atoms. The van der Waals surface area contributed by atoms with Crippen molar-refractivity contribution in [1.29, 1.82) is 0 Å². The summed E-state index contributed by atoms with van der Waals surface area (Å²) in [4.78, 5) is 28.4. The topological polar surface area (TPSA) is 49.4 Å². The molecule has 0 saturated heterocycles. The molecule has 1 aliphatic heterocycles. The number of benzene rings is 3. The molecule has 5 heteroatoms. The lowest BCUT2D eigenvalue weighted by atomic mass is 10.0. The zero-order valence-electron chi connectivity index (χ0n) is 17.4. The summed E-state index contributed by atoms with van der Waals surface area (Å²) in [6.07, 6.45) is 2.44. The van der Waals surface area contributed by atoms with Crippen molar-refractivity contribution in [3.8, 4) is 0 Å². The fourth-order valence-electron chi connectivity index (χ4n) is 3.80. The molecular formula is C25H26N2O2S. The van der Waals surface area contributed by atoms with Crippen molar-refractivity contribution in [2.75, 3.05) is 22.5 Å². The second-order valence-electron chi connectivity index (χ2n) is 7.63. The molecule has 1 heterocycles. The highest BCUT2D eigenvalue weighted by Gasteiger charge is 2.30. The van der Waals surface area contributed by atoms with Crippen LogP contribution >= 0.6 is 11.8 Å². The van der Waals surface area contributed by atoms with Crippen LogP contribution in [0.3, 0.4) is 0 Å². The first-order valence-electron chi connectivity index (χ1n) is 10.5. The zero-order valence-corrected chi connectivity index (χ0v) is 18.2. The number of anilines is 2. The molecule has 2 amide bonds. The van der Waals surface area contributed by atoms with E-state index >= 15 is 0 Å². The predicted molar refractivity (Wildman–Crippen MR) is 126 cm³/mol. The molecule has 0 fully saturated rings. The van der Waals surface area contributed by atoms with E-state index in [1.165, 1.54) is 10.5 Å². The van der Waals surface area contributed by atoms with Gasteiger partial charge >= 0.3 is 0 Å². The van der Waals surface area contributed by atoms with Gasteiger partial charge in [-0.2, -0.15) is 0 Å². The van der Waals surface area contributed by atoms with Crippen LogP contribution in [0.5, 0.6) is 0 Å². The highest BCUT2D eigenvalue weighted by Crippen LogP contribution is 2.40. The predicted octanol–water partition coefficient (Wildman–Crippen LogP) is 6.03. The Labute approximate surface area is 181 Å². The van der Waals surface area contributed by atoms with E-state index in [-0.39, 0.29) is 11.8 Å². The summed E-state index contributed by atoms with van der Waals surface area (Å²) in [5.41, 5.74) is 3.68. The van der Waals surface area contributed by atoms with E-state index in [1.807, 2.05) is 35.2 Å². The monoisotopic (exact) mass is 418 g/mol. The molecule has 30 heavy (non-hydrogen) atoms. The van der Waals surface area contributed by atoms with E-state index in [4.69, 9.17) is 0 Å². The molecule has 4 rings (SSSR count). The third-order valence-corrected chi connectivity index (χ3v) is 6.43. The smallest absolute Gasteiger partial charge is 0.258 e. The quantitative estimate of drug-likeness (QED) is 0.454. The first-order chi connectivity index (χ1) is 14.6. The molecule has 0 spiro atoms.